The Morgan fingerprint density at radius 3 is 2.65 bits per heavy atom. The van der Waals surface area contributed by atoms with Gasteiger partial charge in [0.15, 0.2) is 0 Å². The number of nitrogens with zero attached hydrogens (tertiary/aromatic N) is 1. The van der Waals surface area contributed by atoms with Gasteiger partial charge < -0.3 is 10.4 Å². The van der Waals surface area contributed by atoms with Gasteiger partial charge in [-0.05, 0) is 37.5 Å². The lowest BCUT2D eigenvalue weighted by Crippen LogP contribution is -2.40. The molecule has 1 heterocycles. The monoisotopic (exact) mass is 270 g/mol. The topological polar surface area (TPSA) is 62.2 Å². The SMILES string of the molecule is C[C@](O)(CCc1ccccc1)C(=O)Nc1cccnc1. The van der Waals surface area contributed by atoms with Crippen molar-refractivity contribution in [2.45, 2.75) is 25.4 Å². The van der Waals surface area contributed by atoms with Crippen molar-refractivity contribution < 1.29 is 9.90 Å². The molecule has 20 heavy (non-hydrogen) atoms. The molecule has 0 saturated carbocycles. The highest BCUT2D eigenvalue weighted by Gasteiger charge is 2.29. The van der Waals surface area contributed by atoms with Gasteiger partial charge in [0, 0.05) is 6.20 Å². The maximum Gasteiger partial charge on any atom is 0.256 e. The minimum Gasteiger partial charge on any atom is -0.380 e. The Labute approximate surface area is 118 Å². The van der Waals surface area contributed by atoms with Gasteiger partial charge in [0.25, 0.3) is 5.91 Å². The van der Waals surface area contributed by atoms with Gasteiger partial charge >= 0.3 is 0 Å². The number of rotatable bonds is 5. The second kappa shape index (κ2) is 6.30. The van der Waals surface area contributed by atoms with E-state index >= 15 is 0 Å². The average molecular weight is 270 g/mol. The first kappa shape index (κ1) is 14.2. The van der Waals surface area contributed by atoms with Crippen LogP contribution in [0.2, 0.25) is 0 Å². The molecule has 104 valence electrons. The van der Waals surface area contributed by atoms with Gasteiger partial charge in [-0.25, -0.2) is 0 Å². The number of carbonyl (C=O) groups is 1. The van der Waals surface area contributed by atoms with Gasteiger partial charge in [-0.2, -0.15) is 0 Å². The number of amides is 1. The fraction of sp³-hybridized carbons (Fsp3) is 0.250. The molecule has 1 atom stereocenters. The van der Waals surface area contributed by atoms with Crippen molar-refractivity contribution in [2.24, 2.45) is 0 Å². The molecule has 2 aromatic rings. The molecule has 0 saturated heterocycles. The summed E-state index contributed by atoms with van der Waals surface area (Å²) in [6.45, 7) is 1.53. The fourth-order valence-corrected chi connectivity index (χ4v) is 1.85. The van der Waals surface area contributed by atoms with Crippen molar-refractivity contribution in [1.29, 1.82) is 0 Å². The molecule has 2 rings (SSSR count). The average Bonchev–Trinajstić information content (AvgIpc) is 2.47. The van der Waals surface area contributed by atoms with E-state index in [1.807, 2.05) is 30.3 Å². The van der Waals surface area contributed by atoms with Crippen LogP contribution in [0.4, 0.5) is 5.69 Å². The predicted molar refractivity (Wildman–Crippen MR) is 78.3 cm³/mol. The number of aromatic nitrogens is 1. The Kier molecular flexibility index (Phi) is 4.48. The van der Waals surface area contributed by atoms with E-state index < -0.39 is 11.5 Å². The van der Waals surface area contributed by atoms with Gasteiger partial charge in [-0.1, -0.05) is 30.3 Å². The molecule has 0 spiro atoms. The number of aryl methyl sites for hydroxylation is 1. The molecule has 0 bridgehead atoms. The Bertz CT molecular complexity index is 553. The highest BCUT2D eigenvalue weighted by Crippen LogP contribution is 2.16. The third-order valence-electron chi connectivity index (χ3n) is 3.15. The summed E-state index contributed by atoms with van der Waals surface area (Å²) >= 11 is 0. The summed E-state index contributed by atoms with van der Waals surface area (Å²) in [5.74, 6) is -0.415. The number of aliphatic hydroxyl groups is 1. The normalized spacial score (nSPS) is 13.5. The molecule has 1 amide bonds. The predicted octanol–water partition coefficient (Wildman–Crippen LogP) is 2.40. The summed E-state index contributed by atoms with van der Waals surface area (Å²) in [7, 11) is 0. The Morgan fingerprint density at radius 2 is 2.00 bits per heavy atom. The van der Waals surface area contributed by atoms with E-state index in [0.717, 1.165) is 5.56 Å². The zero-order chi connectivity index (χ0) is 14.4. The number of hydrogen-bond acceptors (Lipinski definition) is 3. The van der Waals surface area contributed by atoms with Crippen molar-refractivity contribution in [3.63, 3.8) is 0 Å². The standard InChI is InChI=1S/C16H18N2O2/c1-16(20,10-9-13-6-3-2-4-7-13)15(19)18-14-8-5-11-17-12-14/h2-8,11-12,20H,9-10H2,1H3,(H,18,19)/t16-/m0/s1. The van der Waals surface area contributed by atoms with Crippen molar-refractivity contribution in [2.75, 3.05) is 5.32 Å². The van der Waals surface area contributed by atoms with Crippen LogP contribution in [0.15, 0.2) is 54.9 Å². The van der Waals surface area contributed by atoms with Crippen LogP contribution in [0.3, 0.4) is 0 Å². The van der Waals surface area contributed by atoms with Crippen molar-refractivity contribution in [1.82, 2.24) is 4.98 Å². The maximum atomic E-state index is 12.1. The van der Waals surface area contributed by atoms with Crippen molar-refractivity contribution >= 4 is 11.6 Å². The van der Waals surface area contributed by atoms with Gasteiger partial charge in [0.2, 0.25) is 0 Å². The second-order valence-corrected chi connectivity index (χ2v) is 4.96. The van der Waals surface area contributed by atoms with Gasteiger partial charge in [-0.15, -0.1) is 0 Å². The Balaban J connectivity index is 1.94. The van der Waals surface area contributed by atoms with E-state index in [-0.39, 0.29) is 0 Å². The summed E-state index contributed by atoms with van der Waals surface area (Å²) < 4.78 is 0. The molecule has 0 radical (unpaired) electrons. The van der Waals surface area contributed by atoms with Crippen LogP contribution in [0.5, 0.6) is 0 Å². The molecule has 4 nitrogen and oxygen atoms in total. The summed E-state index contributed by atoms with van der Waals surface area (Å²) in [5, 5.41) is 12.9. The molecular weight excluding hydrogens is 252 g/mol. The van der Waals surface area contributed by atoms with Crippen LogP contribution in [-0.4, -0.2) is 21.6 Å². The second-order valence-electron chi connectivity index (χ2n) is 4.96. The number of pyridine rings is 1. The van der Waals surface area contributed by atoms with Crippen LogP contribution in [0, 0.1) is 0 Å². The quantitative estimate of drug-likeness (QED) is 0.877. The summed E-state index contributed by atoms with van der Waals surface area (Å²) in [6.07, 6.45) is 4.19. The highest BCUT2D eigenvalue weighted by atomic mass is 16.3. The van der Waals surface area contributed by atoms with Gasteiger partial charge in [0.1, 0.15) is 5.60 Å². The molecule has 2 N–H and O–H groups in total. The van der Waals surface area contributed by atoms with Crippen LogP contribution in [-0.2, 0) is 11.2 Å². The lowest BCUT2D eigenvalue weighted by atomic mass is 9.96. The first-order valence-corrected chi connectivity index (χ1v) is 6.56. The molecule has 0 aliphatic carbocycles. The van der Waals surface area contributed by atoms with Crippen LogP contribution in [0.25, 0.3) is 0 Å². The molecule has 1 aromatic heterocycles. The lowest BCUT2D eigenvalue weighted by molar-refractivity contribution is -0.132. The van der Waals surface area contributed by atoms with E-state index in [1.54, 1.807) is 24.5 Å². The van der Waals surface area contributed by atoms with E-state index in [0.29, 0.717) is 18.5 Å². The molecule has 4 heteroatoms. The van der Waals surface area contributed by atoms with E-state index in [2.05, 4.69) is 10.3 Å². The molecule has 0 aliphatic heterocycles. The molecule has 0 aliphatic rings. The fourth-order valence-electron chi connectivity index (χ4n) is 1.85. The smallest absolute Gasteiger partial charge is 0.256 e. The first-order chi connectivity index (χ1) is 9.58. The number of anilines is 1. The number of hydrogen-bond donors (Lipinski definition) is 2. The number of benzene rings is 1. The maximum absolute atomic E-state index is 12.1. The zero-order valence-electron chi connectivity index (χ0n) is 11.4. The summed E-state index contributed by atoms with van der Waals surface area (Å²) in [4.78, 5) is 16.0. The highest BCUT2D eigenvalue weighted by molar-refractivity contribution is 5.96. The minimum atomic E-state index is -1.41. The molecule has 1 aromatic carbocycles. The third kappa shape index (κ3) is 3.90. The molecular formula is C16H18N2O2. The third-order valence-corrected chi connectivity index (χ3v) is 3.15. The zero-order valence-corrected chi connectivity index (χ0v) is 11.4. The van der Waals surface area contributed by atoms with Gasteiger partial charge in [-0.3, -0.25) is 9.78 Å². The van der Waals surface area contributed by atoms with E-state index in [4.69, 9.17) is 0 Å². The molecule has 0 fully saturated rings. The van der Waals surface area contributed by atoms with E-state index in [9.17, 15) is 9.90 Å². The van der Waals surface area contributed by atoms with Crippen LogP contribution < -0.4 is 5.32 Å². The number of carbonyl (C=O) groups excluding carboxylic acids is 1. The van der Waals surface area contributed by atoms with E-state index in [1.165, 1.54) is 6.92 Å². The first-order valence-electron chi connectivity index (χ1n) is 6.56. The Hall–Kier alpha value is -2.20. The van der Waals surface area contributed by atoms with Crippen molar-refractivity contribution in [3.8, 4) is 0 Å². The summed E-state index contributed by atoms with van der Waals surface area (Å²) in [5.41, 5.74) is 0.269. The minimum absolute atomic E-state index is 0.364. The lowest BCUT2D eigenvalue weighted by Gasteiger charge is -2.22. The van der Waals surface area contributed by atoms with Gasteiger partial charge in [0.05, 0.1) is 11.9 Å². The summed E-state index contributed by atoms with van der Waals surface area (Å²) in [6, 6.07) is 13.3. The largest absolute Gasteiger partial charge is 0.380 e. The Morgan fingerprint density at radius 1 is 1.25 bits per heavy atom. The molecule has 0 unspecified atom stereocenters. The number of nitrogens with one attached hydrogen (secondary N) is 1. The van der Waals surface area contributed by atoms with Crippen molar-refractivity contribution in [3.05, 3.63) is 60.4 Å². The van der Waals surface area contributed by atoms with Crippen LogP contribution in [0.1, 0.15) is 18.9 Å². The van der Waals surface area contributed by atoms with Crippen LogP contribution >= 0.6 is 0 Å².